The molecule has 5 heteroatoms. The number of carbonyl (C=O) groups is 2. The van der Waals surface area contributed by atoms with E-state index in [2.05, 4.69) is 0 Å². The van der Waals surface area contributed by atoms with Gasteiger partial charge in [0.05, 0.1) is 0 Å². The van der Waals surface area contributed by atoms with E-state index in [1.54, 1.807) is 4.90 Å². The highest BCUT2D eigenvalue weighted by Crippen LogP contribution is 2.26. The number of likely N-dealkylation sites (tertiary alicyclic amines) is 1. The Bertz CT molecular complexity index is 738. The van der Waals surface area contributed by atoms with Gasteiger partial charge in [-0.1, -0.05) is 0 Å². The van der Waals surface area contributed by atoms with Crippen LogP contribution in [0.15, 0.2) is 22.6 Å². The van der Waals surface area contributed by atoms with Gasteiger partial charge in [-0.25, -0.2) is 0 Å². The SMILES string of the molecule is Cc1cc2cc(C(=O)N3CCCC(CCC(=O)O)C3)oc2cc1C. The molecule has 0 saturated carbocycles. The van der Waals surface area contributed by atoms with Crippen LogP contribution in [-0.4, -0.2) is 35.0 Å². The second-order valence-corrected chi connectivity index (χ2v) is 6.78. The van der Waals surface area contributed by atoms with Crippen LogP contribution in [-0.2, 0) is 4.79 Å². The van der Waals surface area contributed by atoms with E-state index in [1.807, 2.05) is 32.0 Å². The second-order valence-electron chi connectivity index (χ2n) is 6.78. The molecule has 128 valence electrons. The second kappa shape index (κ2) is 6.67. The fourth-order valence-corrected chi connectivity index (χ4v) is 3.38. The molecule has 2 heterocycles. The van der Waals surface area contributed by atoms with Crippen molar-refractivity contribution in [1.29, 1.82) is 0 Å². The van der Waals surface area contributed by atoms with Crippen LogP contribution in [0.25, 0.3) is 11.0 Å². The number of piperidine rings is 1. The molecule has 1 aromatic heterocycles. The van der Waals surface area contributed by atoms with Gasteiger partial charge in [-0.05, 0) is 68.4 Å². The highest BCUT2D eigenvalue weighted by atomic mass is 16.4. The molecule has 24 heavy (non-hydrogen) atoms. The number of benzene rings is 1. The van der Waals surface area contributed by atoms with Crippen LogP contribution in [0.2, 0.25) is 0 Å². The van der Waals surface area contributed by atoms with Crippen molar-refractivity contribution in [3.63, 3.8) is 0 Å². The van der Waals surface area contributed by atoms with E-state index in [0.717, 1.165) is 29.4 Å². The molecule has 3 rings (SSSR count). The van der Waals surface area contributed by atoms with E-state index in [9.17, 15) is 9.59 Å². The predicted octanol–water partition coefficient (Wildman–Crippen LogP) is 3.77. The third-order valence-corrected chi connectivity index (χ3v) is 4.92. The van der Waals surface area contributed by atoms with Crippen LogP contribution in [0.4, 0.5) is 0 Å². The highest BCUT2D eigenvalue weighted by Gasteiger charge is 2.26. The minimum atomic E-state index is -0.776. The van der Waals surface area contributed by atoms with Crippen molar-refractivity contribution in [2.75, 3.05) is 13.1 Å². The van der Waals surface area contributed by atoms with Gasteiger partial charge in [0.1, 0.15) is 5.58 Å². The summed E-state index contributed by atoms with van der Waals surface area (Å²) in [7, 11) is 0. The lowest BCUT2D eigenvalue weighted by Crippen LogP contribution is -2.39. The number of furan rings is 1. The summed E-state index contributed by atoms with van der Waals surface area (Å²) in [4.78, 5) is 25.3. The molecule has 0 spiro atoms. The molecule has 0 bridgehead atoms. The molecule has 2 aromatic rings. The molecule has 1 aromatic carbocycles. The molecule has 5 nitrogen and oxygen atoms in total. The quantitative estimate of drug-likeness (QED) is 0.927. The van der Waals surface area contributed by atoms with Crippen LogP contribution < -0.4 is 0 Å². The minimum Gasteiger partial charge on any atom is -0.481 e. The molecule has 1 unspecified atom stereocenters. The van der Waals surface area contributed by atoms with Gasteiger partial charge in [-0.2, -0.15) is 0 Å². The minimum absolute atomic E-state index is 0.0958. The summed E-state index contributed by atoms with van der Waals surface area (Å²) >= 11 is 0. The van der Waals surface area contributed by atoms with E-state index >= 15 is 0 Å². The third kappa shape index (κ3) is 3.45. The maximum Gasteiger partial charge on any atom is 0.303 e. The molecule has 1 aliphatic heterocycles. The molecule has 0 aliphatic carbocycles. The summed E-state index contributed by atoms with van der Waals surface area (Å²) in [6.45, 7) is 5.39. The van der Waals surface area contributed by atoms with Crippen molar-refractivity contribution < 1.29 is 19.1 Å². The third-order valence-electron chi connectivity index (χ3n) is 4.92. The van der Waals surface area contributed by atoms with E-state index in [1.165, 1.54) is 5.56 Å². The predicted molar refractivity (Wildman–Crippen MR) is 91.2 cm³/mol. The largest absolute Gasteiger partial charge is 0.481 e. The van der Waals surface area contributed by atoms with Crippen LogP contribution in [0.5, 0.6) is 0 Å². The van der Waals surface area contributed by atoms with Crippen molar-refractivity contribution in [2.24, 2.45) is 5.92 Å². The Morgan fingerprint density at radius 2 is 2.00 bits per heavy atom. The van der Waals surface area contributed by atoms with Gasteiger partial charge in [-0.3, -0.25) is 9.59 Å². The van der Waals surface area contributed by atoms with Gasteiger partial charge in [0.25, 0.3) is 5.91 Å². The zero-order chi connectivity index (χ0) is 17.3. The Kier molecular flexibility index (Phi) is 4.60. The van der Waals surface area contributed by atoms with Gasteiger partial charge < -0.3 is 14.4 Å². The molecule has 1 fully saturated rings. The number of nitrogens with zero attached hydrogens (tertiary/aromatic N) is 1. The first-order valence-corrected chi connectivity index (χ1v) is 8.46. The average molecular weight is 329 g/mol. The standard InChI is InChI=1S/C19H23NO4/c1-12-8-15-10-17(24-16(15)9-13(12)2)19(23)20-7-3-4-14(11-20)5-6-18(21)22/h8-10,14H,3-7,11H2,1-2H3,(H,21,22). The Hall–Kier alpha value is -2.30. The number of fused-ring (bicyclic) bond motifs is 1. The number of amides is 1. The lowest BCUT2D eigenvalue weighted by atomic mass is 9.93. The van der Waals surface area contributed by atoms with Gasteiger partial charge in [-0.15, -0.1) is 0 Å². The average Bonchev–Trinajstić information content (AvgIpc) is 2.95. The molecule has 1 atom stereocenters. The van der Waals surface area contributed by atoms with Crippen molar-refractivity contribution in [3.05, 3.63) is 35.1 Å². The highest BCUT2D eigenvalue weighted by molar-refractivity contribution is 5.96. The van der Waals surface area contributed by atoms with Crippen molar-refractivity contribution in [2.45, 2.75) is 39.5 Å². The number of carboxylic acid groups (broad SMARTS) is 1. The van der Waals surface area contributed by atoms with Crippen molar-refractivity contribution >= 4 is 22.8 Å². The number of aryl methyl sites for hydroxylation is 2. The first kappa shape index (κ1) is 16.6. The van der Waals surface area contributed by atoms with E-state index in [0.29, 0.717) is 25.3 Å². The van der Waals surface area contributed by atoms with Crippen molar-refractivity contribution in [3.8, 4) is 0 Å². The molecule has 1 saturated heterocycles. The van der Waals surface area contributed by atoms with Gasteiger partial charge in [0.15, 0.2) is 5.76 Å². The molecular weight excluding hydrogens is 306 g/mol. The van der Waals surface area contributed by atoms with Crippen LogP contribution in [0.3, 0.4) is 0 Å². The van der Waals surface area contributed by atoms with Crippen LogP contribution >= 0.6 is 0 Å². The van der Waals surface area contributed by atoms with E-state index < -0.39 is 5.97 Å². The van der Waals surface area contributed by atoms with E-state index in [-0.39, 0.29) is 18.2 Å². The van der Waals surface area contributed by atoms with Gasteiger partial charge in [0, 0.05) is 24.9 Å². The van der Waals surface area contributed by atoms with Crippen LogP contribution in [0, 0.1) is 19.8 Å². The number of aliphatic carboxylic acids is 1. The number of hydrogen-bond acceptors (Lipinski definition) is 3. The Morgan fingerprint density at radius 3 is 2.75 bits per heavy atom. The Balaban J connectivity index is 1.74. The molecule has 1 aliphatic rings. The van der Waals surface area contributed by atoms with Crippen LogP contribution in [0.1, 0.15) is 47.4 Å². The lowest BCUT2D eigenvalue weighted by Gasteiger charge is -2.32. The monoisotopic (exact) mass is 329 g/mol. The summed E-state index contributed by atoms with van der Waals surface area (Å²) < 4.78 is 5.77. The normalized spacial score (nSPS) is 18.1. The first-order chi connectivity index (χ1) is 11.4. The number of rotatable bonds is 4. The molecule has 1 N–H and O–H groups in total. The van der Waals surface area contributed by atoms with E-state index in [4.69, 9.17) is 9.52 Å². The number of carboxylic acids is 1. The summed E-state index contributed by atoms with van der Waals surface area (Å²) in [5.41, 5.74) is 3.05. The van der Waals surface area contributed by atoms with Gasteiger partial charge >= 0.3 is 5.97 Å². The smallest absolute Gasteiger partial charge is 0.303 e. The summed E-state index contributed by atoms with van der Waals surface area (Å²) in [5, 5.41) is 9.77. The number of hydrogen-bond donors (Lipinski definition) is 1. The zero-order valence-electron chi connectivity index (χ0n) is 14.2. The maximum absolute atomic E-state index is 12.7. The summed E-state index contributed by atoms with van der Waals surface area (Å²) in [6.07, 6.45) is 2.68. The summed E-state index contributed by atoms with van der Waals surface area (Å²) in [5.74, 6) is -0.246. The molecule has 1 amide bonds. The van der Waals surface area contributed by atoms with Gasteiger partial charge in [0.2, 0.25) is 0 Å². The fourth-order valence-electron chi connectivity index (χ4n) is 3.38. The zero-order valence-corrected chi connectivity index (χ0v) is 14.2. The van der Waals surface area contributed by atoms with Crippen molar-refractivity contribution in [1.82, 2.24) is 4.90 Å². The summed E-state index contributed by atoms with van der Waals surface area (Å²) in [6, 6.07) is 5.81. The fraction of sp³-hybridized carbons (Fsp3) is 0.474. The number of carbonyl (C=O) groups excluding carboxylic acids is 1. The molecular formula is C19H23NO4. The Morgan fingerprint density at radius 1 is 1.25 bits per heavy atom. The Labute approximate surface area is 141 Å². The molecule has 0 radical (unpaired) electrons. The topological polar surface area (TPSA) is 70.8 Å². The lowest BCUT2D eigenvalue weighted by molar-refractivity contribution is -0.137. The first-order valence-electron chi connectivity index (χ1n) is 8.46. The maximum atomic E-state index is 12.7.